The Balaban J connectivity index is 1.79. The van der Waals surface area contributed by atoms with Crippen molar-refractivity contribution in [1.29, 1.82) is 0 Å². The Bertz CT molecular complexity index is 428. The van der Waals surface area contributed by atoms with Gasteiger partial charge in [0.2, 0.25) is 5.91 Å². The largest absolute Gasteiger partial charge is 0.480 e. The summed E-state index contributed by atoms with van der Waals surface area (Å²) in [6.07, 6.45) is 6.96. The zero-order valence-electron chi connectivity index (χ0n) is 10.7. The molecule has 0 saturated heterocycles. The van der Waals surface area contributed by atoms with Crippen LogP contribution in [-0.4, -0.2) is 49.2 Å². The molecule has 1 N–H and O–H groups in total. The van der Waals surface area contributed by atoms with Crippen LogP contribution in [0.3, 0.4) is 0 Å². The second-order valence-corrected chi connectivity index (χ2v) is 4.76. The van der Waals surface area contributed by atoms with E-state index >= 15 is 0 Å². The standard InChI is InChI=1S/C12H18N4O3/c17-11(5-2-6-15-9-13-8-14-15)16(7-12(18)19)10-3-1-4-10/h8-10H,1-7H2,(H,18,19). The van der Waals surface area contributed by atoms with Gasteiger partial charge in [0, 0.05) is 19.0 Å². The third-order valence-electron chi connectivity index (χ3n) is 3.39. The molecule has 1 aromatic heterocycles. The van der Waals surface area contributed by atoms with E-state index in [2.05, 4.69) is 10.1 Å². The highest BCUT2D eigenvalue weighted by molar-refractivity contribution is 5.81. The average Bonchev–Trinajstić information content (AvgIpc) is 2.78. The summed E-state index contributed by atoms with van der Waals surface area (Å²) < 4.78 is 1.66. The molecule has 1 amide bonds. The summed E-state index contributed by atoms with van der Waals surface area (Å²) in [6, 6.07) is 0.120. The predicted molar refractivity (Wildman–Crippen MR) is 66.2 cm³/mol. The molecule has 1 aliphatic rings. The maximum absolute atomic E-state index is 12.1. The predicted octanol–water partition coefficient (Wildman–Crippen LogP) is 0.524. The third kappa shape index (κ3) is 3.77. The molecule has 1 aromatic rings. The highest BCUT2D eigenvalue weighted by atomic mass is 16.4. The van der Waals surface area contributed by atoms with Gasteiger partial charge < -0.3 is 10.0 Å². The van der Waals surface area contributed by atoms with Crippen molar-refractivity contribution in [3.05, 3.63) is 12.7 Å². The van der Waals surface area contributed by atoms with Gasteiger partial charge in [-0.2, -0.15) is 5.10 Å². The summed E-state index contributed by atoms with van der Waals surface area (Å²) in [5, 5.41) is 12.8. The van der Waals surface area contributed by atoms with Crippen LogP contribution in [0.25, 0.3) is 0 Å². The smallest absolute Gasteiger partial charge is 0.323 e. The van der Waals surface area contributed by atoms with Crippen LogP contribution < -0.4 is 0 Å². The van der Waals surface area contributed by atoms with Crippen molar-refractivity contribution in [3.63, 3.8) is 0 Å². The molecule has 0 unspecified atom stereocenters. The fourth-order valence-electron chi connectivity index (χ4n) is 2.15. The lowest BCUT2D eigenvalue weighted by Crippen LogP contribution is -2.46. The van der Waals surface area contributed by atoms with Gasteiger partial charge in [-0.3, -0.25) is 14.3 Å². The minimum absolute atomic E-state index is 0.0767. The fourth-order valence-corrected chi connectivity index (χ4v) is 2.15. The molecular weight excluding hydrogens is 248 g/mol. The first-order valence-electron chi connectivity index (χ1n) is 6.50. The third-order valence-corrected chi connectivity index (χ3v) is 3.39. The van der Waals surface area contributed by atoms with E-state index in [0.29, 0.717) is 19.4 Å². The highest BCUT2D eigenvalue weighted by Gasteiger charge is 2.29. The van der Waals surface area contributed by atoms with Crippen LogP contribution >= 0.6 is 0 Å². The molecule has 0 aliphatic heterocycles. The summed E-state index contributed by atoms with van der Waals surface area (Å²) in [6.45, 7) is 0.435. The van der Waals surface area contributed by atoms with Crippen molar-refractivity contribution in [3.8, 4) is 0 Å². The van der Waals surface area contributed by atoms with Gasteiger partial charge in [0.05, 0.1) is 0 Å². The van der Waals surface area contributed by atoms with Crippen LogP contribution in [0.4, 0.5) is 0 Å². The molecule has 0 spiro atoms. The summed E-state index contributed by atoms with van der Waals surface area (Å²) in [5.74, 6) is -1.02. The number of hydrogen-bond acceptors (Lipinski definition) is 4. The number of carboxylic acid groups (broad SMARTS) is 1. The summed E-state index contributed by atoms with van der Waals surface area (Å²) in [7, 11) is 0. The molecule has 104 valence electrons. The second-order valence-electron chi connectivity index (χ2n) is 4.76. The van der Waals surface area contributed by atoms with Gasteiger partial charge in [0.1, 0.15) is 19.2 Å². The normalized spacial score (nSPS) is 14.9. The molecule has 0 bridgehead atoms. The Morgan fingerprint density at radius 1 is 1.42 bits per heavy atom. The van der Waals surface area contributed by atoms with Gasteiger partial charge in [-0.1, -0.05) is 0 Å². The number of carbonyl (C=O) groups excluding carboxylic acids is 1. The van der Waals surface area contributed by atoms with Crippen molar-refractivity contribution < 1.29 is 14.7 Å². The Kier molecular flexibility index (Phi) is 4.48. The minimum atomic E-state index is -0.948. The van der Waals surface area contributed by atoms with E-state index in [9.17, 15) is 9.59 Å². The van der Waals surface area contributed by atoms with Crippen LogP contribution in [0.15, 0.2) is 12.7 Å². The second kappa shape index (κ2) is 6.31. The number of nitrogens with zero attached hydrogens (tertiary/aromatic N) is 4. The Hall–Kier alpha value is -1.92. The van der Waals surface area contributed by atoms with Crippen molar-refractivity contribution in [1.82, 2.24) is 19.7 Å². The number of aryl methyl sites for hydroxylation is 1. The van der Waals surface area contributed by atoms with E-state index in [4.69, 9.17) is 5.11 Å². The Labute approximate surface area is 111 Å². The van der Waals surface area contributed by atoms with Crippen LogP contribution in [0.2, 0.25) is 0 Å². The van der Waals surface area contributed by atoms with E-state index in [-0.39, 0.29) is 18.5 Å². The van der Waals surface area contributed by atoms with E-state index in [0.717, 1.165) is 19.3 Å². The van der Waals surface area contributed by atoms with Crippen LogP contribution in [-0.2, 0) is 16.1 Å². The number of carboxylic acids is 1. The minimum Gasteiger partial charge on any atom is -0.480 e. The number of amides is 1. The van der Waals surface area contributed by atoms with Gasteiger partial charge in [0.25, 0.3) is 0 Å². The molecular formula is C12H18N4O3. The maximum Gasteiger partial charge on any atom is 0.323 e. The van der Waals surface area contributed by atoms with E-state index in [1.54, 1.807) is 11.0 Å². The number of rotatable bonds is 7. The zero-order chi connectivity index (χ0) is 13.7. The quantitative estimate of drug-likeness (QED) is 0.777. The number of carbonyl (C=O) groups is 2. The zero-order valence-corrected chi connectivity index (χ0v) is 10.7. The summed E-state index contributed by atoms with van der Waals surface area (Å²) in [5.41, 5.74) is 0. The number of hydrogen-bond donors (Lipinski definition) is 1. The highest BCUT2D eigenvalue weighted by Crippen LogP contribution is 2.25. The Morgan fingerprint density at radius 3 is 2.74 bits per heavy atom. The number of aromatic nitrogens is 3. The molecule has 1 fully saturated rings. The van der Waals surface area contributed by atoms with Crippen LogP contribution in [0, 0.1) is 0 Å². The van der Waals surface area contributed by atoms with Gasteiger partial charge in [0.15, 0.2) is 0 Å². The Morgan fingerprint density at radius 2 is 2.21 bits per heavy atom. The van der Waals surface area contributed by atoms with Crippen molar-refractivity contribution >= 4 is 11.9 Å². The van der Waals surface area contributed by atoms with Gasteiger partial charge in [-0.05, 0) is 25.7 Å². The molecule has 1 heterocycles. The molecule has 7 nitrogen and oxygen atoms in total. The monoisotopic (exact) mass is 266 g/mol. The molecule has 2 rings (SSSR count). The lowest BCUT2D eigenvalue weighted by atomic mass is 9.91. The van der Waals surface area contributed by atoms with Crippen molar-refractivity contribution in [2.75, 3.05) is 6.54 Å². The number of aliphatic carboxylic acids is 1. The van der Waals surface area contributed by atoms with E-state index in [1.165, 1.54) is 11.2 Å². The first-order valence-corrected chi connectivity index (χ1v) is 6.50. The summed E-state index contributed by atoms with van der Waals surface area (Å²) >= 11 is 0. The molecule has 0 atom stereocenters. The molecule has 1 aliphatic carbocycles. The van der Waals surface area contributed by atoms with Crippen molar-refractivity contribution in [2.45, 2.75) is 44.7 Å². The lowest BCUT2D eigenvalue weighted by molar-refractivity contribution is -0.147. The van der Waals surface area contributed by atoms with Crippen LogP contribution in [0.1, 0.15) is 32.1 Å². The van der Waals surface area contributed by atoms with Gasteiger partial charge in [-0.15, -0.1) is 0 Å². The molecule has 19 heavy (non-hydrogen) atoms. The van der Waals surface area contributed by atoms with Crippen LogP contribution in [0.5, 0.6) is 0 Å². The van der Waals surface area contributed by atoms with E-state index < -0.39 is 5.97 Å². The van der Waals surface area contributed by atoms with E-state index in [1.807, 2.05) is 0 Å². The maximum atomic E-state index is 12.1. The van der Waals surface area contributed by atoms with Gasteiger partial charge >= 0.3 is 5.97 Å². The van der Waals surface area contributed by atoms with Gasteiger partial charge in [-0.25, -0.2) is 4.98 Å². The van der Waals surface area contributed by atoms with Crippen molar-refractivity contribution in [2.24, 2.45) is 0 Å². The molecule has 0 aromatic carbocycles. The molecule has 0 radical (unpaired) electrons. The lowest BCUT2D eigenvalue weighted by Gasteiger charge is -2.36. The molecule has 1 saturated carbocycles. The first kappa shape index (κ1) is 13.5. The topological polar surface area (TPSA) is 88.3 Å². The fraction of sp³-hybridized carbons (Fsp3) is 0.667. The first-order chi connectivity index (χ1) is 9.16. The summed E-state index contributed by atoms with van der Waals surface area (Å²) in [4.78, 5) is 28.2. The molecule has 7 heteroatoms. The average molecular weight is 266 g/mol. The SMILES string of the molecule is O=C(O)CN(C(=O)CCCn1cncn1)C1CCC1.